The second-order valence-electron chi connectivity index (χ2n) is 8.23. The second kappa shape index (κ2) is 7.82. The van der Waals surface area contributed by atoms with Gasteiger partial charge in [-0.3, -0.25) is 19.3 Å². The molecule has 2 fully saturated rings. The molecule has 150 valence electrons. The minimum absolute atomic E-state index is 0.157. The molecule has 1 spiro atoms. The van der Waals surface area contributed by atoms with E-state index >= 15 is 0 Å². The number of imide groups is 1. The van der Waals surface area contributed by atoms with E-state index in [0.717, 1.165) is 47.3 Å². The predicted octanol–water partition coefficient (Wildman–Crippen LogP) is 3.85. The van der Waals surface area contributed by atoms with Crippen LogP contribution < -0.4 is 5.32 Å². The molecule has 0 aromatic heterocycles. The fourth-order valence-corrected chi connectivity index (χ4v) is 4.57. The highest BCUT2D eigenvalue weighted by Gasteiger charge is 2.52. The zero-order valence-electron chi connectivity index (χ0n) is 16.7. The number of hydrogen-bond acceptors (Lipinski definition) is 3. The molecular weight excluding hydrogens is 364 g/mol. The second-order valence-corrected chi connectivity index (χ2v) is 8.23. The van der Waals surface area contributed by atoms with Crippen LogP contribution in [-0.4, -0.2) is 29.2 Å². The van der Waals surface area contributed by atoms with Crippen LogP contribution in [0.1, 0.15) is 50.6 Å². The van der Waals surface area contributed by atoms with Gasteiger partial charge in [0.25, 0.3) is 0 Å². The molecule has 2 aromatic carbocycles. The number of carbonyl (C=O) groups excluding carboxylic acids is 3. The van der Waals surface area contributed by atoms with Crippen LogP contribution >= 0.6 is 0 Å². The van der Waals surface area contributed by atoms with Crippen molar-refractivity contribution in [2.45, 2.75) is 45.1 Å². The highest BCUT2D eigenvalue weighted by atomic mass is 16.2. The standard InChI is InChI=1S/C24H26N2O3/c1-17(18-9-11-20(12-10-18)19-7-3-2-4-8-19)25-21(27)16-26-22(28)15-24(23(26)29)13-5-6-14-24/h2-4,7-12,17H,5-6,13-16H2,1H3,(H,25,27)/t17-/m1/s1. The van der Waals surface area contributed by atoms with Crippen LogP contribution in [0, 0.1) is 5.41 Å². The first-order chi connectivity index (χ1) is 14.0. The van der Waals surface area contributed by atoms with Gasteiger partial charge in [0.2, 0.25) is 17.7 Å². The van der Waals surface area contributed by atoms with Crippen LogP contribution in [0.3, 0.4) is 0 Å². The Morgan fingerprint density at radius 3 is 2.28 bits per heavy atom. The lowest BCUT2D eigenvalue weighted by Crippen LogP contribution is -2.42. The molecule has 5 nitrogen and oxygen atoms in total. The van der Waals surface area contributed by atoms with E-state index in [1.165, 1.54) is 0 Å². The van der Waals surface area contributed by atoms with Crippen molar-refractivity contribution in [3.8, 4) is 11.1 Å². The lowest BCUT2D eigenvalue weighted by atomic mass is 9.84. The maximum absolute atomic E-state index is 12.7. The van der Waals surface area contributed by atoms with Gasteiger partial charge in [-0.25, -0.2) is 0 Å². The third-order valence-electron chi connectivity index (χ3n) is 6.25. The van der Waals surface area contributed by atoms with E-state index in [2.05, 4.69) is 17.4 Å². The monoisotopic (exact) mass is 390 g/mol. The summed E-state index contributed by atoms with van der Waals surface area (Å²) in [6.07, 6.45) is 3.75. The van der Waals surface area contributed by atoms with Crippen molar-refractivity contribution in [2.75, 3.05) is 6.54 Å². The van der Waals surface area contributed by atoms with E-state index in [0.29, 0.717) is 0 Å². The molecule has 2 aromatic rings. The van der Waals surface area contributed by atoms with Crippen molar-refractivity contribution < 1.29 is 14.4 Å². The molecule has 1 heterocycles. The van der Waals surface area contributed by atoms with Gasteiger partial charge in [-0.1, -0.05) is 67.4 Å². The molecule has 1 aliphatic heterocycles. The first-order valence-corrected chi connectivity index (χ1v) is 10.3. The van der Waals surface area contributed by atoms with E-state index in [4.69, 9.17) is 0 Å². The van der Waals surface area contributed by atoms with E-state index in [-0.39, 0.29) is 36.7 Å². The number of amides is 3. The lowest BCUT2D eigenvalue weighted by molar-refractivity contribution is -0.144. The molecule has 3 amide bonds. The lowest BCUT2D eigenvalue weighted by Gasteiger charge is -2.21. The number of hydrogen-bond donors (Lipinski definition) is 1. The van der Waals surface area contributed by atoms with E-state index in [1.54, 1.807) is 0 Å². The Hall–Kier alpha value is -2.95. The molecule has 0 radical (unpaired) electrons. The summed E-state index contributed by atoms with van der Waals surface area (Å²) in [5.41, 5.74) is 2.70. The van der Waals surface area contributed by atoms with Gasteiger partial charge >= 0.3 is 0 Å². The summed E-state index contributed by atoms with van der Waals surface area (Å²) in [5, 5.41) is 2.92. The summed E-state index contributed by atoms with van der Waals surface area (Å²) in [6, 6.07) is 17.9. The Bertz CT molecular complexity index is 915. The van der Waals surface area contributed by atoms with Gasteiger partial charge in [-0.2, -0.15) is 0 Å². The Morgan fingerprint density at radius 1 is 1.00 bits per heavy atom. The van der Waals surface area contributed by atoms with Crippen molar-refractivity contribution in [1.29, 1.82) is 0 Å². The van der Waals surface area contributed by atoms with Crippen molar-refractivity contribution in [2.24, 2.45) is 5.41 Å². The summed E-state index contributed by atoms with van der Waals surface area (Å²) in [4.78, 5) is 38.7. The fourth-order valence-electron chi connectivity index (χ4n) is 4.57. The largest absolute Gasteiger partial charge is 0.348 e. The van der Waals surface area contributed by atoms with Gasteiger partial charge in [0.1, 0.15) is 6.54 Å². The first-order valence-electron chi connectivity index (χ1n) is 10.3. The number of rotatable bonds is 5. The SMILES string of the molecule is C[C@@H](NC(=O)CN1C(=O)CC2(CCCC2)C1=O)c1ccc(-c2ccccc2)cc1. The minimum Gasteiger partial charge on any atom is -0.348 e. The molecule has 1 aliphatic carbocycles. The topological polar surface area (TPSA) is 66.5 Å². The Morgan fingerprint density at radius 2 is 1.62 bits per heavy atom. The zero-order valence-corrected chi connectivity index (χ0v) is 16.7. The maximum Gasteiger partial charge on any atom is 0.240 e. The summed E-state index contributed by atoms with van der Waals surface area (Å²) in [5.74, 6) is -0.677. The van der Waals surface area contributed by atoms with Crippen LogP contribution in [0.4, 0.5) is 0 Å². The number of benzene rings is 2. The Balaban J connectivity index is 1.37. The van der Waals surface area contributed by atoms with E-state index in [1.807, 2.05) is 49.4 Å². The average molecular weight is 390 g/mol. The molecule has 4 rings (SSSR count). The smallest absolute Gasteiger partial charge is 0.240 e. The zero-order chi connectivity index (χ0) is 20.4. The molecule has 29 heavy (non-hydrogen) atoms. The first kappa shape index (κ1) is 19.4. The molecule has 1 saturated carbocycles. The normalized spacial score (nSPS) is 19.0. The third-order valence-corrected chi connectivity index (χ3v) is 6.25. The highest BCUT2D eigenvalue weighted by molar-refractivity contribution is 6.08. The van der Waals surface area contributed by atoms with Crippen molar-refractivity contribution in [3.63, 3.8) is 0 Å². The summed E-state index contributed by atoms with van der Waals surface area (Å²) in [7, 11) is 0. The van der Waals surface area contributed by atoms with E-state index in [9.17, 15) is 14.4 Å². The molecule has 1 N–H and O–H groups in total. The van der Waals surface area contributed by atoms with Gasteiger partial charge in [0.05, 0.1) is 11.5 Å². The van der Waals surface area contributed by atoms with Gasteiger partial charge < -0.3 is 5.32 Å². The van der Waals surface area contributed by atoms with Crippen LogP contribution in [0.5, 0.6) is 0 Å². The highest BCUT2D eigenvalue weighted by Crippen LogP contribution is 2.46. The minimum atomic E-state index is -0.531. The Labute approximate surface area is 171 Å². The quantitative estimate of drug-likeness (QED) is 0.789. The molecule has 1 atom stereocenters. The summed E-state index contributed by atoms with van der Waals surface area (Å²) < 4.78 is 0. The summed E-state index contributed by atoms with van der Waals surface area (Å²) >= 11 is 0. The van der Waals surface area contributed by atoms with E-state index < -0.39 is 5.41 Å². The summed E-state index contributed by atoms with van der Waals surface area (Å²) in [6.45, 7) is 1.72. The molecule has 2 aliphatic rings. The number of nitrogens with zero attached hydrogens (tertiary/aromatic N) is 1. The van der Waals surface area contributed by atoms with Crippen molar-refractivity contribution in [1.82, 2.24) is 10.2 Å². The number of carbonyl (C=O) groups is 3. The van der Waals surface area contributed by atoms with Crippen LogP contribution in [0.25, 0.3) is 11.1 Å². The molecule has 1 saturated heterocycles. The molecular formula is C24H26N2O3. The number of likely N-dealkylation sites (tertiary alicyclic amines) is 1. The van der Waals surface area contributed by atoms with Gasteiger partial charge in [0.15, 0.2) is 0 Å². The van der Waals surface area contributed by atoms with Crippen LogP contribution in [0.15, 0.2) is 54.6 Å². The molecule has 5 heteroatoms. The van der Waals surface area contributed by atoms with Crippen LogP contribution in [0.2, 0.25) is 0 Å². The van der Waals surface area contributed by atoms with Gasteiger partial charge in [-0.15, -0.1) is 0 Å². The molecule has 0 unspecified atom stereocenters. The predicted molar refractivity (Wildman–Crippen MR) is 111 cm³/mol. The van der Waals surface area contributed by atoms with Crippen molar-refractivity contribution >= 4 is 17.7 Å². The molecule has 0 bridgehead atoms. The number of nitrogens with one attached hydrogen (secondary N) is 1. The van der Waals surface area contributed by atoms with Gasteiger partial charge in [-0.05, 0) is 36.5 Å². The fraction of sp³-hybridized carbons (Fsp3) is 0.375. The average Bonchev–Trinajstić information content (AvgIpc) is 3.29. The maximum atomic E-state index is 12.7. The van der Waals surface area contributed by atoms with Crippen LogP contribution in [-0.2, 0) is 14.4 Å². The van der Waals surface area contributed by atoms with Gasteiger partial charge in [0, 0.05) is 6.42 Å². The Kier molecular flexibility index (Phi) is 5.22. The van der Waals surface area contributed by atoms with Crippen molar-refractivity contribution in [3.05, 3.63) is 60.2 Å². The third kappa shape index (κ3) is 3.82.